The van der Waals surface area contributed by atoms with Gasteiger partial charge in [0, 0.05) is 43.9 Å². The third-order valence-electron chi connectivity index (χ3n) is 6.08. The number of carbonyl (C=O) groups excluding carboxylic acids is 1. The number of hydrogen-bond acceptors (Lipinski definition) is 7. The Morgan fingerprint density at radius 3 is 2.84 bits per heavy atom. The predicted molar refractivity (Wildman–Crippen MR) is 120 cm³/mol. The van der Waals surface area contributed by atoms with Crippen LogP contribution in [0.5, 0.6) is 5.75 Å². The second-order valence-electron chi connectivity index (χ2n) is 8.32. The molecule has 3 aromatic rings. The smallest absolute Gasteiger partial charge is 0.261 e. The predicted octanol–water partition coefficient (Wildman–Crippen LogP) is 3.30. The maximum absolute atomic E-state index is 13.0. The number of carbonyl (C=O) groups is 1. The van der Waals surface area contributed by atoms with Gasteiger partial charge >= 0.3 is 0 Å². The molecule has 1 saturated carbocycles. The van der Waals surface area contributed by atoms with E-state index in [4.69, 9.17) is 9.26 Å². The number of benzene rings is 1. The van der Waals surface area contributed by atoms with E-state index in [0.717, 1.165) is 60.9 Å². The SMILES string of the molecule is COc1ccccc1CC(=O)N1CCCN(c2ncccc2-c2nc(C3CC3)no2)CC1. The van der Waals surface area contributed by atoms with E-state index in [9.17, 15) is 4.79 Å². The number of rotatable bonds is 6. The average molecular weight is 434 g/mol. The molecular weight excluding hydrogens is 406 g/mol. The van der Waals surface area contributed by atoms with Gasteiger partial charge < -0.3 is 19.1 Å². The highest BCUT2D eigenvalue weighted by molar-refractivity contribution is 5.79. The van der Waals surface area contributed by atoms with Crippen LogP contribution in [0.25, 0.3) is 11.5 Å². The van der Waals surface area contributed by atoms with E-state index in [1.807, 2.05) is 41.3 Å². The maximum atomic E-state index is 13.0. The highest BCUT2D eigenvalue weighted by Crippen LogP contribution is 2.39. The van der Waals surface area contributed by atoms with Crippen LogP contribution in [-0.2, 0) is 11.2 Å². The van der Waals surface area contributed by atoms with Gasteiger partial charge in [-0.1, -0.05) is 23.4 Å². The highest BCUT2D eigenvalue weighted by Gasteiger charge is 2.30. The molecular formula is C24H27N5O3. The van der Waals surface area contributed by atoms with Crippen molar-refractivity contribution in [3.63, 3.8) is 0 Å². The van der Waals surface area contributed by atoms with E-state index in [1.54, 1.807) is 13.3 Å². The molecule has 2 fully saturated rings. The number of ether oxygens (including phenoxy) is 1. The lowest BCUT2D eigenvalue weighted by Gasteiger charge is -2.24. The summed E-state index contributed by atoms with van der Waals surface area (Å²) in [6, 6.07) is 11.5. The normalized spacial score (nSPS) is 16.7. The number of pyridine rings is 1. The average Bonchev–Trinajstić information content (AvgIpc) is 3.61. The summed E-state index contributed by atoms with van der Waals surface area (Å²) in [6.45, 7) is 2.87. The molecule has 1 saturated heterocycles. The first-order valence-corrected chi connectivity index (χ1v) is 11.2. The standard InChI is InChI=1S/C24H27N5O3/c1-31-20-8-3-2-6-18(20)16-21(30)28-12-5-13-29(15-14-28)23-19(7-4-11-25-23)24-26-22(27-32-24)17-9-10-17/h2-4,6-8,11,17H,5,9-10,12-16H2,1H3. The maximum Gasteiger partial charge on any atom is 0.261 e. The van der Waals surface area contributed by atoms with Crippen molar-refractivity contribution in [2.45, 2.75) is 31.6 Å². The second kappa shape index (κ2) is 8.98. The van der Waals surface area contributed by atoms with Gasteiger partial charge in [0.15, 0.2) is 5.82 Å². The van der Waals surface area contributed by atoms with Crippen molar-refractivity contribution in [2.75, 3.05) is 38.2 Å². The van der Waals surface area contributed by atoms with E-state index in [1.165, 1.54) is 0 Å². The fourth-order valence-corrected chi connectivity index (χ4v) is 4.17. The molecule has 32 heavy (non-hydrogen) atoms. The molecule has 166 valence electrons. The van der Waals surface area contributed by atoms with E-state index in [2.05, 4.69) is 20.0 Å². The lowest BCUT2D eigenvalue weighted by molar-refractivity contribution is -0.130. The van der Waals surface area contributed by atoms with Crippen molar-refractivity contribution in [1.29, 1.82) is 0 Å². The van der Waals surface area contributed by atoms with Gasteiger partial charge in [-0.05, 0) is 37.5 Å². The van der Waals surface area contributed by atoms with E-state index >= 15 is 0 Å². The molecule has 1 aliphatic heterocycles. The van der Waals surface area contributed by atoms with Crippen molar-refractivity contribution >= 4 is 11.7 Å². The second-order valence-corrected chi connectivity index (χ2v) is 8.32. The summed E-state index contributed by atoms with van der Waals surface area (Å²) < 4.78 is 11.0. The van der Waals surface area contributed by atoms with Gasteiger partial charge in [-0.3, -0.25) is 4.79 Å². The van der Waals surface area contributed by atoms with E-state index in [0.29, 0.717) is 31.3 Å². The number of amides is 1. The topological polar surface area (TPSA) is 84.6 Å². The van der Waals surface area contributed by atoms with Gasteiger partial charge in [-0.2, -0.15) is 4.98 Å². The molecule has 5 rings (SSSR count). The fourth-order valence-electron chi connectivity index (χ4n) is 4.17. The molecule has 0 N–H and O–H groups in total. The lowest BCUT2D eigenvalue weighted by Crippen LogP contribution is -2.36. The van der Waals surface area contributed by atoms with Crippen molar-refractivity contribution < 1.29 is 14.1 Å². The molecule has 8 nitrogen and oxygen atoms in total. The number of hydrogen-bond donors (Lipinski definition) is 0. The monoisotopic (exact) mass is 433 g/mol. The van der Waals surface area contributed by atoms with Crippen LogP contribution in [0.4, 0.5) is 5.82 Å². The van der Waals surface area contributed by atoms with Crippen LogP contribution in [0.1, 0.15) is 36.6 Å². The van der Waals surface area contributed by atoms with Gasteiger partial charge in [-0.25, -0.2) is 4.98 Å². The first-order valence-electron chi connectivity index (χ1n) is 11.2. The van der Waals surface area contributed by atoms with Gasteiger partial charge in [0.2, 0.25) is 5.91 Å². The van der Waals surface area contributed by atoms with Crippen LogP contribution in [0, 0.1) is 0 Å². The Hall–Kier alpha value is -3.42. The summed E-state index contributed by atoms with van der Waals surface area (Å²) in [5.41, 5.74) is 1.76. The molecule has 0 atom stereocenters. The Kier molecular flexibility index (Phi) is 5.75. The minimum Gasteiger partial charge on any atom is -0.496 e. The van der Waals surface area contributed by atoms with Gasteiger partial charge in [0.25, 0.3) is 5.89 Å². The lowest BCUT2D eigenvalue weighted by atomic mass is 10.1. The largest absolute Gasteiger partial charge is 0.496 e. The summed E-state index contributed by atoms with van der Waals surface area (Å²) in [6.07, 6.45) is 5.25. The van der Waals surface area contributed by atoms with Crippen LogP contribution in [-0.4, -0.2) is 59.2 Å². The quantitative estimate of drug-likeness (QED) is 0.590. The van der Waals surface area contributed by atoms with Crippen LogP contribution in [0.15, 0.2) is 47.1 Å². The zero-order valence-corrected chi connectivity index (χ0v) is 18.2. The van der Waals surface area contributed by atoms with Crippen molar-refractivity contribution in [3.05, 3.63) is 54.0 Å². The van der Waals surface area contributed by atoms with Crippen LogP contribution < -0.4 is 9.64 Å². The van der Waals surface area contributed by atoms with Crippen molar-refractivity contribution in [1.82, 2.24) is 20.0 Å². The summed E-state index contributed by atoms with van der Waals surface area (Å²) in [4.78, 5) is 26.4. The molecule has 1 aliphatic carbocycles. The van der Waals surface area contributed by atoms with Gasteiger partial charge in [0.05, 0.1) is 19.1 Å². The number of methoxy groups -OCH3 is 1. The van der Waals surface area contributed by atoms with Gasteiger partial charge in [0.1, 0.15) is 11.6 Å². The molecule has 2 aliphatic rings. The zero-order chi connectivity index (χ0) is 21.9. The molecule has 3 heterocycles. The minimum absolute atomic E-state index is 0.114. The Balaban J connectivity index is 1.29. The van der Waals surface area contributed by atoms with Crippen LogP contribution in [0.2, 0.25) is 0 Å². The van der Waals surface area contributed by atoms with Crippen LogP contribution >= 0.6 is 0 Å². The number of nitrogens with zero attached hydrogens (tertiary/aromatic N) is 5. The zero-order valence-electron chi connectivity index (χ0n) is 18.2. The molecule has 1 aromatic carbocycles. The fraction of sp³-hybridized carbons (Fsp3) is 0.417. The molecule has 8 heteroatoms. The Morgan fingerprint density at radius 2 is 2.00 bits per heavy atom. The Morgan fingerprint density at radius 1 is 1.12 bits per heavy atom. The van der Waals surface area contributed by atoms with E-state index in [-0.39, 0.29) is 5.91 Å². The first-order chi connectivity index (χ1) is 15.7. The van der Waals surface area contributed by atoms with Crippen molar-refractivity contribution in [2.24, 2.45) is 0 Å². The number of aromatic nitrogens is 3. The Bertz CT molecular complexity index is 1090. The molecule has 0 unspecified atom stereocenters. The summed E-state index contributed by atoms with van der Waals surface area (Å²) in [5.74, 6) is 3.44. The molecule has 0 radical (unpaired) electrons. The Labute approximate surface area is 187 Å². The number of para-hydroxylation sites is 1. The van der Waals surface area contributed by atoms with Crippen LogP contribution in [0.3, 0.4) is 0 Å². The summed E-state index contributed by atoms with van der Waals surface area (Å²) in [7, 11) is 1.63. The summed E-state index contributed by atoms with van der Waals surface area (Å²) >= 11 is 0. The van der Waals surface area contributed by atoms with Crippen molar-refractivity contribution in [3.8, 4) is 17.2 Å². The molecule has 0 bridgehead atoms. The van der Waals surface area contributed by atoms with Gasteiger partial charge in [-0.15, -0.1) is 0 Å². The third kappa shape index (κ3) is 4.30. The first kappa shape index (κ1) is 20.5. The number of anilines is 1. The highest BCUT2D eigenvalue weighted by atomic mass is 16.5. The van der Waals surface area contributed by atoms with E-state index < -0.39 is 0 Å². The molecule has 1 amide bonds. The molecule has 0 spiro atoms. The minimum atomic E-state index is 0.114. The third-order valence-corrected chi connectivity index (χ3v) is 6.08. The molecule has 2 aromatic heterocycles. The summed E-state index contributed by atoms with van der Waals surface area (Å²) in [5, 5.41) is 4.15.